The fraction of sp³-hybridized carbons (Fsp3) is 0.259. The highest BCUT2D eigenvalue weighted by atomic mass is 16.4. The summed E-state index contributed by atoms with van der Waals surface area (Å²) in [5, 5.41) is 19.8. The fourth-order valence-electron chi connectivity index (χ4n) is 4.36. The molecule has 160 valence electrons. The summed E-state index contributed by atoms with van der Waals surface area (Å²) < 4.78 is 0. The molecule has 0 amide bonds. The highest BCUT2D eigenvalue weighted by molar-refractivity contribution is 6.04. The Bertz CT molecular complexity index is 1140. The van der Waals surface area contributed by atoms with Crippen LogP contribution in [-0.2, 0) is 12.8 Å². The molecular formula is C27H28O4. The molecule has 0 aromatic heterocycles. The summed E-state index contributed by atoms with van der Waals surface area (Å²) in [5.41, 5.74) is 6.57. The van der Waals surface area contributed by atoms with E-state index in [-0.39, 0.29) is 17.0 Å². The molecule has 0 aliphatic carbocycles. The Kier molecular flexibility index (Phi) is 6.59. The minimum absolute atomic E-state index is 0.214. The number of benzene rings is 3. The number of carboxylic acid groups (broad SMARTS) is 2. The van der Waals surface area contributed by atoms with Crippen LogP contribution in [0.2, 0.25) is 0 Å². The summed E-state index contributed by atoms with van der Waals surface area (Å²) >= 11 is 0. The molecule has 0 aliphatic heterocycles. The molecule has 0 atom stereocenters. The molecule has 2 N–H and O–H groups in total. The lowest BCUT2D eigenvalue weighted by Gasteiger charge is -2.25. The van der Waals surface area contributed by atoms with Crippen LogP contribution in [0, 0.1) is 0 Å². The van der Waals surface area contributed by atoms with E-state index in [1.54, 1.807) is 24.3 Å². The van der Waals surface area contributed by atoms with E-state index < -0.39 is 11.9 Å². The number of aryl methyl sites for hydroxylation is 1. The molecular weight excluding hydrogens is 388 g/mol. The van der Waals surface area contributed by atoms with Gasteiger partial charge in [0.1, 0.15) is 0 Å². The maximum Gasteiger partial charge on any atom is 0.336 e. The third kappa shape index (κ3) is 4.11. The second-order valence-electron chi connectivity index (χ2n) is 7.92. The third-order valence-electron chi connectivity index (χ3n) is 5.76. The standard InChI is InChI=1S/C27H28O4/c1-5-17-15-23(16(3)4)18(6-2)25(20-12-8-10-14-22(20)27(30)31)24(17)19-11-7-9-13-21(19)26(28)29/h7-16H,5-6H2,1-4H3,(H,28,29)(H,30,31). The zero-order valence-corrected chi connectivity index (χ0v) is 18.4. The first-order valence-electron chi connectivity index (χ1n) is 10.7. The van der Waals surface area contributed by atoms with E-state index in [4.69, 9.17) is 0 Å². The third-order valence-corrected chi connectivity index (χ3v) is 5.76. The summed E-state index contributed by atoms with van der Waals surface area (Å²) in [6, 6.07) is 16.1. The summed E-state index contributed by atoms with van der Waals surface area (Å²) in [4.78, 5) is 24.2. The van der Waals surface area contributed by atoms with Crippen molar-refractivity contribution in [3.63, 3.8) is 0 Å². The molecule has 4 heteroatoms. The molecule has 0 saturated carbocycles. The van der Waals surface area contributed by atoms with Gasteiger partial charge in [0.2, 0.25) is 0 Å². The Hall–Kier alpha value is -3.40. The van der Waals surface area contributed by atoms with Crippen molar-refractivity contribution in [3.05, 3.63) is 82.4 Å². The largest absolute Gasteiger partial charge is 0.478 e. The van der Waals surface area contributed by atoms with Crippen molar-refractivity contribution in [2.75, 3.05) is 0 Å². The average molecular weight is 417 g/mol. The van der Waals surface area contributed by atoms with Gasteiger partial charge >= 0.3 is 11.9 Å². The molecule has 0 radical (unpaired) electrons. The second-order valence-corrected chi connectivity index (χ2v) is 7.92. The first-order chi connectivity index (χ1) is 14.8. The second kappa shape index (κ2) is 9.17. The zero-order valence-electron chi connectivity index (χ0n) is 18.4. The molecule has 3 aromatic rings. The maximum atomic E-state index is 12.1. The number of hydrogen-bond acceptors (Lipinski definition) is 2. The van der Waals surface area contributed by atoms with Gasteiger partial charge in [0.05, 0.1) is 11.1 Å². The van der Waals surface area contributed by atoms with Gasteiger partial charge in [0, 0.05) is 0 Å². The van der Waals surface area contributed by atoms with Crippen LogP contribution in [0.5, 0.6) is 0 Å². The smallest absolute Gasteiger partial charge is 0.336 e. The molecule has 31 heavy (non-hydrogen) atoms. The van der Waals surface area contributed by atoms with E-state index >= 15 is 0 Å². The van der Waals surface area contributed by atoms with Crippen molar-refractivity contribution in [1.82, 2.24) is 0 Å². The van der Waals surface area contributed by atoms with E-state index in [9.17, 15) is 19.8 Å². The van der Waals surface area contributed by atoms with Gasteiger partial charge < -0.3 is 10.2 Å². The molecule has 0 saturated heterocycles. The van der Waals surface area contributed by atoms with Crippen LogP contribution < -0.4 is 0 Å². The van der Waals surface area contributed by atoms with Gasteiger partial charge in [-0.15, -0.1) is 0 Å². The molecule has 0 fully saturated rings. The van der Waals surface area contributed by atoms with Gasteiger partial charge in [-0.1, -0.05) is 70.2 Å². The van der Waals surface area contributed by atoms with Crippen molar-refractivity contribution >= 4 is 11.9 Å². The normalized spacial score (nSPS) is 11.0. The Morgan fingerprint density at radius 3 is 1.68 bits per heavy atom. The monoisotopic (exact) mass is 416 g/mol. The SMILES string of the molecule is CCc1cc(C(C)C)c(CC)c(-c2ccccc2C(=O)O)c1-c1ccccc1C(=O)O. The molecule has 3 rings (SSSR count). The predicted octanol–water partition coefficient (Wildman–Crippen LogP) is 6.67. The lowest BCUT2D eigenvalue weighted by molar-refractivity contribution is 0.0686. The van der Waals surface area contributed by atoms with Crippen molar-refractivity contribution in [3.8, 4) is 22.3 Å². The summed E-state index contributed by atoms with van der Waals surface area (Å²) in [5.74, 6) is -1.75. The van der Waals surface area contributed by atoms with Crippen LogP contribution in [0.15, 0.2) is 54.6 Å². The van der Waals surface area contributed by atoms with E-state index in [2.05, 4.69) is 26.8 Å². The Labute approximate surface area is 183 Å². The quantitative estimate of drug-likeness (QED) is 0.451. The molecule has 0 bridgehead atoms. The molecule has 0 aliphatic rings. The topological polar surface area (TPSA) is 74.6 Å². The van der Waals surface area contributed by atoms with Crippen LogP contribution in [0.4, 0.5) is 0 Å². The van der Waals surface area contributed by atoms with Gasteiger partial charge in [0.15, 0.2) is 0 Å². The summed E-state index contributed by atoms with van der Waals surface area (Å²) in [7, 11) is 0. The van der Waals surface area contributed by atoms with Crippen LogP contribution in [0.3, 0.4) is 0 Å². The lowest BCUT2D eigenvalue weighted by Crippen LogP contribution is -2.09. The van der Waals surface area contributed by atoms with Crippen LogP contribution in [0.1, 0.15) is 71.0 Å². The fourth-order valence-corrected chi connectivity index (χ4v) is 4.36. The van der Waals surface area contributed by atoms with Crippen molar-refractivity contribution in [1.29, 1.82) is 0 Å². The maximum absolute atomic E-state index is 12.1. The van der Waals surface area contributed by atoms with Gasteiger partial charge in [-0.25, -0.2) is 9.59 Å². The summed E-state index contributed by atoms with van der Waals surface area (Å²) in [6.45, 7) is 8.37. The zero-order chi connectivity index (χ0) is 22.7. The number of carbonyl (C=O) groups is 2. The lowest BCUT2D eigenvalue weighted by atomic mass is 9.78. The van der Waals surface area contributed by atoms with E-state index in [0.717, 1.165) is 22.3 Å². The van der Waals surface area contributed by atoms with Gasteiger partial charge in [-0.05, 0) is 69.8 Å². The van der Waals surface area contributed by atoms with Gasteiger partial charge in [-0.2, -0.15) is 0 Å². The van der Waals surface area contributed by atoms with E-state index in [1.807, 2.05) is 31.2 Å². The summed E-state index contributed by atoms with van der Waals surface area (Å²) in [6.07, 6.45) is 1.41. The Balaban J connectivity index is 2.59. The van der Waals surface area contributed by atoms with E-state index in [0.29, 0.717) is 24.0 Å². The van der Waals surface area contributed by atoms with Crippen molar-refractivity contribution in [2.45, 2.75) is 46.5 Å². The van der Waals surface area contributed by atoms with Crippen LogP contribution in [-0.4, -0.2) is 22.2 Å². The minimum Gasteiger partial charge on any atom is -0.478 e. The predicted molar refractivity (Wildman–Crippen MR) is 124 cm³/mol. The van der Waals surface area contributed by atoms with Gasteiger partial charge in [-0.3, -0.25) is 0 Å². The van der Waals surface area contributed by atoms with Gasteiger partial charge in [0.25, 0.3) is 0 Å². The van der Waals surface area contributed by atoms with Crippen LogP contribution >= 0.6 is 0 Å². The molecule has 0 spiro atoms. The first kappa shape index (κ1) is 22.3. The Morgan fingerprint density at radius 2 is 1.26 bits per heavy atom. The number of aromatic carboxylic acids is 2. The van der Waals surface area contributed by atoms with E-state index in [1.165, 1.54) is 5.56 Å². The molecule has 0 heterocycles. The van der Waals surface area contributed by atoms with Crippen molar-refractivity contribution in [2.24, 2.45) is 0 Å². The first-order valence-corrected chi connectivity index (χ1v) is 10.7. The number of hydrogen-bond donors (Lipinski definition) is 2. The number of rotatable bonds is 7. The Morgan fingerprint density at radius 1 is 0.774 bits per heavy atom. The highest BCUT2D eigenvalue weighted by Gasteiger charge is 2.25. The van der Waals surface area contributed by atoms with Crippen molar-refractivity contribution < 1.29 is 19.8 Å². The highest BCUT2D eigenvalue weighted by Crippen LogP contribution is 2.44. The molecule has 4 nitrogen and oxygen atoms in total. The minimum atomic E-state index is -0.999. The molecule has 3 aromatic carbocycles. The number of carboxylic acids is 2. The average Bonchev–Trinajstić information content (AvgIpc) is 2.77. The molecule has 0 unspecified atom stereocenters. The van der Waals surface area contributed by atoms with Crippen LogP contribution in [0.25, 0.3) is 22.3 Å².